The van der Waals surface area contributed by atoms with Gasteiger partial charge in [-0.15, -0.1) is 0 Å². The van der Waals surface area contributed by atoms with Gasteiger partial charge in [-0.05, 0) is 53.6 Å². The first-order chi connectivity index (χ1) is 15.2. The first-order valence-corrected chi connectivity index (χ1v) is 10.8. The zero-order valence-corrected chi connectivity index (χ0v) is 17.6. The summed E-state index contributed by atoms with van der Waals surface area (Å²) in [6.07, 6.45) is 2.12. The fourth-order valence-corrected chi connectivity index (χ4v) is 5.49. The molecular weight excluding hydrogens is 376 g/mol. The fourth-order valence-electron chi connectivity index (χ4n) is 5.49. The highest BCUT2D eigenvalue weighted by molar-refractivity contribution is 6.31. The van der Waals surface area contributed by atoms with Crippen LogP contribution in [-0.4, -0.2) is 4.40 Å². The van der Waals surface area contributed by atoms with Crippen molar-refractivity contribution in [1.29, 1.82) is 0 Å². The number of hydrogen-bond donors (Lipinski definition) is 0. The van der Waals surface area contributed by atoms with Crippen LogP contribution in [0.15, 0.2) is 91.1 Å². The molecule has 0 amide bonds. The van der Waals surface area contributed by atoms with Crippen molar-refractivity contribution >= 4 is 48.9 Å². The number of nitrogens with zero attached hydrogens (tertiary/aromatic N) is 2. The van der Waals surface area contributed by atoms with E-state index in [-0.39, 0.29) is 0 Å². The molecule has 0 fully saturated rings. The van der Waals surface area contributed by atoms with Gasteiger partial charge in [-0.2, -0.15) is 0 Å². The maximum atomic E-state index is 2.46. The van der Waals surface area contributed by atoms with E-state index in [2.05, 4.69) is 114 Å². The lowest BCUT2D eigenvalue weighted by Crippen LogP contribution is -2.30. The molecular formula is C29H21N2+. The second kappa shape index (κ2) is 5.83. The van der Waals surface area contributed by atoms with Crippen LogP contribution in [0.5, 0.6) is 0 Å². The maximum Gasteiger partial charge on any atom is 0.212 e. The normalized spacial score (nSPS) is 12.2. The van der Waals surface area contributed by atoms with E-state index in [1.807, 2.05) is 0 Å². The lowest BCUT2D eigenvalue weighted by Gasteiger charge is -2.09. The summed E-state index contributed by atoms with van der Waals surface area (Å²) in [5.41, 5.74) is 7.73. The average molecular weight is 398 g/mol. The van der Waals surface area contributed by atoms with Crippen molar-refractivity contribution in [2.45, 2.75) is 6.92 Å². The fraction of sp³-hybridized carbons (Fsp3) is 0.0690. The molecule has 0 aliphatic rings. The molecule has 0 saturated heterocycles. The van der Waals surface area contributed by atoms with Crippen LogP contribution in [0, 0.1) is 6.92 Å². The molecule has 0 aliphatic carbocycles. The molecule has 31 heavy (non-hydrogen) atoms. The number of hydrogen-bond acceptors (Lipinski definition) is 0. The first-order valence-electron chi connectivity index (χ1n) is 10.8. The second-order valence-corrected chi connectivity index (χ2v) is 8.60. The average Bonchev–Trinajstić information content (AvgIpc) is 3.30. The number of pyridine rings is 1. The molecule has 2 nitrogen and oxygen atoms in total. The topological polar surface area (TPSA) is 8.29 Å². The molecule has 0 N–H and O–H groups in total. The molecule has 0 spiro atoms. The molecule has 7 aromatic rings. The number of benzene rings is 4. The van der Waals surface area contributed by atoms with Gasteiger partial charge in [-0.3, -0.25) is 0 Å². The van der Waals surface area contributed by atoms with Crippen LogP contribution in [0.4, 0.5) is 0 Å². The lowest BCUT2D eigenvalue weighted by atomic mass is 9.94. The summed E-state index contributed by atoms with van der Waals surface area (Å²) in [5.74, 6) is 0. The van der Waals surface area contributed by atoms with E-state index in [1.54, 1.807) is 0 Å². The van der Waals surface area contributed by atoms with Gasteiger partial charge in [-0.25, -0.2) is 4.57 Å². The van der Waals surface area contributed by atoms with Crippen LogP contribution in [0.25, 0.3) is 60.1 Å². The van der Waals surface area contributed by atoms with Crippen LogP contribution < -0.4 is 4.57 Å². The summed E-state index contributed by atoms with van der Waals surface area (Å²) >= 11 is 0. The minimum Gasteiger partial charge on any atom is -0.308 e. The SMILES string of the molecule is Cc1cc2cc3c4ccccc4n4c5ccccc5c(c2cc1-c1cccc[n+]1C)c34. The van der Waals surface area contributed by atoms with Crippen LogP contribution in [0.2, 0.25) is 0 Å². The van der Waals surface area contributed by atoms with Gasteiger partial charge in [0.1, 0.15) is 7.05 Å². The minimum absolute atomic E-state index is 1.24. The van der Waals surface area contributed by atoms with Crippen molar-refractivity contribution < 1.29 is 4.57 Å². The van der Waals surface area contributed by atoms with Crippen molar-refractivity contribution in [3.05, 3.63) is 96.7 Å². The van der Waals surface area contributed by atoms with Crippen molar-refractivity contribution in [3.8, 4) is 11.3 Å². The van der Waals surface area contributed by atoms with Gasteiger partial charge in [0.25, 0.3) is 0 Å². The Hall–Kier alpha value is -3.91. The van der Waals surface area contributed by atoms with Gasteiger partial charge in [-0.1, -0.05) is 42.5 Å². The smallest absolute Gasteiger partial charge is 0.212 e. The van der Waals surface area contributed by atoms with Gasteiger partial charge in [0.2, 0.25) is 5.69 Å². The monoisotopic (exact) mass is 397 g/mol. The van der Waals surface area contributed by atoms with E-state index in [0.29, 0.717) is 0 Å². The molecule has 7 rings (SSSR count). The predicted octanol–water partition coefficient (Wildman–Crippen LogP) is 6.79. The van der Waals surface area contributed by atoms with E-state index in [4.69, 9.17) is 0 Å². The van der Waals surface area contributed by atoms with Gasteiger partial charge in [0.15, 0.2) is 6.20 Å². The predicted molar refractivity (Wildman–Crippen MR) is 130 cm³/mol. The highest BCUT2D eigenvalue weighted by Gasteiger charge is 2.21. The maximum absolute atomic E-state index is 2.46. The van der Waals surface area contributed by atoms with E-state index >= 15 is 0 Å². The summed E-state index contributed by atoms with van der Waals surface area (Å²) in [5, 5.41) is 7.98. The Balaban J connectivity index is 1.76. The minimum atomic E-state index is 1.24. The summed E-state index contributed by atoms with van der Waals surface area (Å²) in [7, 11) is 2.12. The first kappa shape index (κ1) is 16.8. The number of fused-ring (bicyclic) bond motifs is 8. The van der Waals surface area contributed by atoms with Crippen LogP contribution >= 0.6 is 0 Å². The molecule has 0 radical (unpaired) electrons. The van der Waals surface area contributed by atoms with E-state index < -0.39 is 0 Å². The van der Waals surface area contributed by atoms with Crippen molar-refractivity contribution in [2.24, 2.45) is 7.05 Å². The van der Waals surface area contributed by atoms with Crippen molar-refractivity contribution in [3.63, 3.8) is 0 Å². The Morgan fingerprint density at radius 2 is 1.39 bits per heavy atom. The van der Waals surface area contributed by atoms with Gasteiger partial charge >= 0.3 is 0 Å². The third-order valence-corrected chi connectivity index (χ3v) is 6.86. The highest BCUT2D eigenvalue weighted by Crippen LogP contribution is 2.43. The second-order valence-electron chi connectivity index (χ2n) is 8.60. The number of aryl methyl sites for hydroxylation is 2. The van der Waals surface area contributed by atoms with E-state index in [1.165, 1.54) is 65.7 Å². The Bertz CT molecular complexity index is 1800. The Morgan fingerprint density at radius 1 is 0.677 bits per heavy atom. The number of aromatic nitrogens is 2. The van der Waals surface area contributed by atoms with Gasteiger partial charge in [0, 0.05) is 39.2 Å². The van der Waals surface area contributed by atoms with Crippen LogP contribution in [-0.2, 0) is 7.05 Å². The quantitative estimate of drug-likeness (QED) is 0.270. The third kappa shape index (κ3) is 2.09. The largest absolute Gasteiger partial charge is 0.308 e. The number of rotatable bonds is 1. The van der Waals surface area contributed by atoms with Crippen molar-refractivity contribution in [1.82, 2.24) is 4.40 Å². The Morgan fingerprint density at radius 3 is 2.19 bits per heavy atom. The number of para-hydroxylation sites is 2. The molecule has 146 valence electrons. The molecule has 0 unspecified atom stereocenters. The molecule has 3 aromatic heterocycles. The summed E-state index contributed by atoms with van der Waals surface area (Å²) in [6.45, 7) is 2.22. The Kier molecular flexibility index (Phi) is 3.17. The molecule has 2 heteroatoms. The Labute approximate surface area is 179 Å². The zero-order chi connectivity index (χ0) is 20.7. The van der Waals surface area contributed by atoms with Crippen molar-refractivity contribution in [2.75, 3.05) is 0 Å². The molecule has 0 aliphatic heterocycles. The molecule has 0 bridgehead atoms. The molecule has 0 atom stereocenters. The van der Waals surface area contributed by atoms with E-state index in [0.717, 1.165) is 0 Å². The van der Waals surface area contributed by atoms with E-state index in [9.17, 15) is 0 Å². The standard InChI is InChI=1S/C29H21N2/c1-18-15-19-16-24-20-9-3-5-12-26(20)31-27-13-6-4-10-21(27)28(29(24)31)23(19)17-22(18)25-11-7-8-14-30(25)2/h3-17H,1-2H3/q+1. The lowest BCUT2D eigenvalue weighted by molar-refractivity contribution is -0.660. The summed E-state index contributed by atoms with van der Waals surface area (Å²) in [6, 6.07) is 31.2. The molecule has 0 saturated carbocycles. The zero-order valence-electron chi connectivity index (χ0n) is 17.6. The summed E-state index contributed by atoms with van der Waals surface area (Å²) < 4.78 is 4.66. The summed E-state index contributed by atoms with van der Waals surface area (Å²) in [4.78, 5) is 0. The van der Waals surface area contributed by atoms with Gasteiger partial charge < -0.3 is 4.40 Å². The van der Waals surface area contributed by atoms with Gasteiger partial charge in [0.05, 0.1) is 16.6 Å². The highest BCUT2D eigenvalue weighted by atomic mass is 14.9. The third-order valence-electron chi connectivity index (χ3n) is 6.86. The van der Waals surface area contributed by atoms with Crippen LogP contribution in [0.3, 0.4) is 0 Å². The molecule has 4 aromatic carbocycles. The van der Waals surface area contributed by atoms with Crippen LogP contribution in [0.1, 0.15) is 5.56 Å². The molecule has 3 heterocycles.